The molecule has 0 aromatic heterocycles. The molecule has 1 atom stereocenters. The molecule has 0 heterocycles. The Bertz CT molecular complexity index is 274. The van der Waals surface area contributed by atoms with Gasteiger partial charge in [0.05, 0.1) is 10.8 Å². The van der Waals surface area contributed by atoms with Gasteiger partial charge in [0, 0.05) is 0 Å². The van der Waals surface area contributed by atoms with Crippen molar-refractivity contribution in [2.75, 3.05) is 0 Å². The predicted octanol–water partition coefficient (Wildman–Crippen LogP) is 2.99. The second kappa shape index (κ2) is 3.93. The molecule has 0 N–H and O–H groups in total. The maximum atomic E-state index is 10.9. The minimum absolute atomic E-state index is 0.240. The lowest BCUT2D eigenvalue weighted by Gasteiger charge is -2.23. The van der Waals surface area contributed by atoms with Gasteiger partial charge in [-0.3, -0.25) is 0 Å². The fourth-order valence-corrected chi connectivity index (χ4v) is 1.47. The molecule has 0 amide bonds. The number of alkyl halides is 1. The Morgan fingerprint density at radius 1 is 1.31 bits per heavy atom. The zero-order valence-electron chi connectivity index (χ0n) is 7.83. The topological polar surface area (TPSA) is 17.1 Å². The summed E-state index contributed by atoms with van der Waals surface area (Å²) < 4.78 is 0. The Hall–Kier alpha value is -0.820. The molecule has 0 aliphatic rings. The molecule has 13 heavy (non-hydrogen) atoms. The van der Waals surface area contributed by atoms with Crippen LogP contribution in [-0.2, 0) is 4.79 Å². The molecule has 0 saturated heterocycles. The second-order valence-electron chi connectivity index (χ2n) is 3.59. The van der Waals surface area contributed by atoms with Crippen molar-refractivity contribution in [1.82, 2.24) is 0 Å². The average Bonchev–Trinajstić information content (AvgIpc) is 2.05. The summed E-state index contributed by atoms with van der Waals surface area (Å²) in [5, 5.41) is 0. The third-order valence-electron chi connectivity index (χ3n) is 2.03. The highest BCUT2D eigenvalue weighted by atomic mass is 35.5. The van der Waals surface area contributed by atoms with Gasteiger partial charge in [0.1, 0.15) is 6.29 Å². The van der Waals surface area contributed by atoms with E-state index in [1.165, 1.54) is 0 Å². The molecule has 2 heteroatoms. The van der Waals surface area contributed by atoms with Crippen LogP contribution in [0, 0.1) is 0 Å². The fourth-order valence-electron chi connectivity index (χ4n) is 1.30. The van der Waals surface area contributed by atoms with Crippen molar-refractivity contribution in [2.24, 2.45) is 0 Å². The minimum Gasteiger partial charge on any atom is -0.303 e. The van der Waals surface area contributed by atoms with Crippen molar-refractivity contribution < 1.29 is 4.79 Å². The van der Waals surface area contributed by atoms with Crippen LogP contribution >= 0.6 is 11.6 Å². The highest BCUT2D eigenvalue weighted by molar-refractivity contribution is 6.25. The SMILES string of the molecule is CC(C)(Cl)C(C=O)c1ccccc1. The molecule has 0 spiro atoms. The highest BCUT2D eigenvalue weighted by Crippen LogP contribution is 2.31. The summed E-state index contributed by atoms with van der Waals surface area (Å²) in [5.41, 5.74) is 0.970. The molecule has 1 unspecified atom stereocenters. The van der Waals surface area contributed by atoms with Gasteiger partial charge in [-0.1, -0.05) is 30.3 Å². The van der Waals surface area contributed by atoms with E-state index in [0.29, 0.717) is 0 Å². The number of hydrogen-bond donors (Lipinski definition) is 0. The van der Waals surface area contributed by atoms with E-state index in [1.54, 1.807) is 0 Å². The number of carbonyl (C=O) groups is 1. The third kappa shape index (κ3) is 2.56. The Labute approximate surface area is 83.7 Å². The Balaban J connectivity index is 2.99. The van der Waals surface area contributed by atoms with Gasteiger partial charge in [-0.15, -0.1) is 11.6 Å². The first-order valence-electron chi connectivity index (χ1n) is 4.25. The van der Waals surface area contributed by atoms with E-state index in [2.05, 4.69) is 0 Å². The zero-order chi connectivity index (χ0) is 9.90. The van der Waals surface area contributed by atoms with E-state index in [-0.39, 0.29) is 5.92 Å². The Morgan fingerprint density at radius 2 is 1.85 bits per heavy atom. The van der Waals surface area contributed by atoms with Crippen molar-refractivity contribution in [3.05, 3.63) is 35.9 Å². The molecule has 0 saturated carbocycles. The average molecular weight is 197 g/mol. The zero-order valence-corrected chi connectivity index (χ0v) is 8.58. The van der Waals surface area contributed by atoms with E-state index in [4.69, 9.17) is 11.6 Å². The quantitative estimate of drug-likeness (QED) is 0.537. The van der Waals surface area contributed by atoms with E-state index in [9.17, 15) is 4.79 Å². The first kappa shape index (κ1) is 10.3. The van der Waals surface area contributed by atoms with Crippen molar-refractivity contribution in [2.45, 2.75) is 24.6 Å². The molecular formula is C11H13ClO. The lowest BCUT2D eigenvalue weighted by atomic mass is 9.89. The first-order chi connectivity index (χ1) is 6.05. The number of aldehydes is 1. The predicted molar refractivity (Wildman–Crippen MR) is 55.2 cm³/mol. The van der Waals surface area contributed by atoms with Gasteiger partial charge in [-0.05, 0) is 19.4 Å². The Kier molecular flexibility index (Phi) is 3.10. The van der Waals surface area contributed by atoms with Crippen molar-refractivity contribution in [3.63, 3.8) is 0 Å². The van der Waals surface area contributed by atoms with Crippen LogP contribution in [0.4, 0.5) is 0 Å². The molecular weight excluding hydrogens is 184 g/mol. The summed E-state index contributed by atoms with van der Waals surface area (Å²) in [6, 6.07) is 9.59. The van der Waals surface area contributed by atoms with Crippen LogP contribution in [0.1, 0.15) is 25.3 Å². The summed E-state index contributed by atoms with van der Waals surface area (Å²) in [7, 11) is 0. The molecule has 1 nitrogen and oxygen atoms in total. The van der Waals surface area contributed by atoms with Crippen LogP contribution in [0.3, 0.4) is 0 Å². The maximum Gasteiger partial charge on any atom is 0.129 e. The number of rotatable bonds is 3. The van der Waals surface area contributed by atoms with Gasteiger partial charge in [0.2, 0.25) is 0 Å². The summed E-state index contributed by atoms with van der Waals surface area (Å²) in [6.45, 7) is 3.70. The highest BCUT2D eigenvalue weighted by Gasteiger charge is 2.27. The van der Waals surface area contributed by atoms with Gasteiger partial charge in [0.15, 0.2) is 0 Å². The van der Waals surface area contributed by atoms with Crippen LogP contribution in [0.5, 0.6) is 0 Å². The molecule has 0 fully saturated rings. The molecule has 1 aromatic carbocycles. The lowest BCUT2D eigenvalue weighted by Crippen LogP contribution is -2.23. The van der Waals surface area contributed by atoms with Crippen molar-refractivity contribution in [3.8, 4) is 0 Å². The maximum absolute atomic E-state index is 10.9. The smallest absolute Gasteiger partial charge is 0.129 e. The monoisotopic (exact) mass is 196 g/mol. The number of hydrogen-bond acceptors (Lipinski definition) is 1. The van der Waals surface area contributed by atoms with Crippen LogP contribution in [0.15, 0.2) is 30.3 Å². The van der Waals surface area contributed by atoms with Crippen LogP contribution in [-0.4, -0.2) is 11.2 Å². The summed E-state index contributed by atoms with van der Waals surface area (Å²) in [4.78, 5) is 10.3. The molecule has 0 bridgehead atoms. The molecule has 70 valence electrons. The van der Waals surface area contributed by atoms with Crippen molar-refractivity contribution in [1.29, 1.82) is 0 Å². The van der Waals surface area contributed by atoms with Gasteiger partial charge in [0.25, 0.3) is 0 Å². The summed E-state index contributed by atoms with van der Waals surface area (Å²) in [5.74, 6) is -0.240. The molecule has 1 rings (SSSR count). The van der Waals surface area contributed by atoms with Crippen LogP contribution in [0.2, 0.25) is 0 Å². The van der Waals surface area contributed by atoms with E-state index in [1.807, 2.05) is 44.2 Å². The Morgan fingerprint density at radius 3 is 2.23 bits per heavy atom. The number of benzene rings is 1. The molecule has 0 radical (unpaired) electrons. The standard InChI is InChI=1S/C11H13ClO/c1-11(2,12)10(8-13)9-6-4-3-5-7-9/h3-8,10H,1-2H3. The molecule has 0 aliphatic heterocycles. The minimum atomic E-state index is -0.525. The van der Waals surface area contributed by atoms with E-state index >= 15 is 0 Å². The van der Waals surface area contributed by atoms with E-state index in [0.717, 1.165) is 11.8 Å². The van der Waals surface area contributed by atoms with Crippen molar-refractivity contribution >= 4 is 17.9 Å². The van der Waals surface area contributed by atoms with Crippen LogP contribution in [0.25, 0.3) is 0 Å². The normalized spacial score (nSPS) is 13.8. The number of carbonyl (C=O) groups excluding carboxylic acids is 1. The number of halogens is 1. The lowest BCUT2D eigenvalue weighted by molar-refractivity contribution is -0.109. The molecule has 0 aliphatic carbocycles. The van der Waals surface area contributed by atoms with Crippen LogP contribution < -0.4 is 0 Å². The fraction of sp³-hybridized carbons (Fsp3) is 0.364. The second-order valence-corrected chi connectivity index (χ2v) is 4.56. The third-order valence-corrected chi connectivity index (χ3v) is 2.27. The van der Waals surface area contributed by atoms with Gasteiger partial charge in [-0.25, -0.2) is 0 Å². The summed E-state index contributed by atoms with van der Waals surface area (Å²) in [6.07, 6.45) is 0.905. The first-order valence-corrected chi connectivity index (χ1v) is 4.62. The van der Waals surface area contributed by atoms with Gasteiger partial charge < -0.3 is 4.79 Å². The largest absolute Gasteiger partial charge is 0.303 e. The summed E-state index contributed by atoms with van der Waals surface area (Å²) >= 11 is 6.10. The molecule has 1 aromatic rings. The van der Waals surface area contributed by atoms with Gasteiger partial charge in [-0.2, -0.15) is 0 Å². The van der Waals surface area contributed by atoms with E-state index < -0.39 is 4.87 Å². The van der Waals surface area contributed by atoms with Gasteiger partial charge >= 0.3 is 0 Å².